The molecular weight excluding hydrogens is 348 g/mol. The molecule has 10 heteroatoms. The highest BCUT2D eigenvalue weighted by Crippen LogP contribution is 2.19. The zero-order valence-corrected chi connectivity index (χ0v) is 15.3. The molecule has 1 aliphatic rings. The van der Waals surface area contributed by atoms with Crippen LogP contribution in [0.15, 0.2) is 24.3 Å². The highest BCUT2D eigenvalue weighted by atomic mass is 32.2. The zero-order valence-electron chi connectivity index (χ0n) is 14.5. The molecule has 2 amide bonds. The first-order valence-corrected chi connectivity index (χ1v) is 9.32. The monoisotopic (exact) mass is 372 g/mol. The summed E-state index contributed by atoms with van der Waals surface area (Å²) in [6.07, 6.45) is -0.719. The van der Waals surface area contributed by atoms with Crippen molar-refractivity contribution in [3.63, 3.8) is 0 Å². The van der Waals surface area contributed by atoms with Crippen molar-refractivity contribution in [2.75, 3.05) is 43.9 Å². The van der Waals surface area contributed by atoms with Gasteiger partial charge in [-0.05, 0) is 25.1 Å². The van der Waals surface area contributed by atoms with Crippen molar-refractivity contribution in [3.8, 4) is 0 Å². The molecule has 1 fully saturated rings. The number of urea groups is 1. The Kier molecular flexibility index (Phi) is 6.22. The Labute approximate surface area is 147 Å². The van der Waals surface area contributed by atoms with Crippen molar-refractivity contribution < 1.29 is 23.1 Å². The molecule has 0 radical (unpaired) electrons. The quantitative estimate of drug-likeness (QED) is 0.674. The summed E-state index contributed by atoms with van der Waals surface area (Å²) in [5.74, 6) is 0. The smallest absolute Gasteiger partial charge is 0.322 e. The summed E-state index contributed by atoms with van der Waals surface area (Å²) in [6.45, 7) is 2.71. The van der Waals surface area contributed by atoms with E-state index >= 15 is 0 Å². The van der Waals surface area contributed by atoms with Crippen LogP contribution in [0.1, 0.15) is 6.92 Å². The van der Waals surface area contributed by atoms with Crippen LogP contribution in [0, 0.1) is 0 Å². The van der Waals surface area contributed by atoms with Gasteiger partial charge in [-0.1, -0.05) is 6.07 Å². The van der Waals surface area contributed by atoms with E-state index < -0.39 is 22.4 Å². The van der Waals surface area contributed by atoms with E-state index in [4.69, 9.17) is 4.74 Å². The van der Waals surface area contributed by atoms with Gasteiger partial charge >= 0.3 is 16.2 Å². The average molecular weight is 372 g/mol. The number of hydrogen-bond donors (Lipinski definition) is 3. The normalized spacial score (nSPS) is 20.5. The van der Waals surface area contributed by atoms with Crippen molar-refractivity contribution in [3.05, 3.63) is 24.3 Å². The number of anilines is 2. The van der Waals surface area contributed by atoms with E-state index in [2.05, 4.69) is 10.0 Å². The highest BCUT2D eigenvalue weighted by Gasteiger charge is 2.33. The average Bonchev–Trinajstić information content (AvgIpc) is 2.94. The molecule has 0 bridgehead atoms. The number of nitrogens with one attached hydrogen (secondary N) is 2. The van der Waals surface area contributed by atoms with Crippen LogP contribution in [-0.4, -0.2) is 74.8 Å². The van der Waals surface area contributed by atoms with Crippen molar-refractivity contribution in [2.24, 2.45) is 0 Å². The Hall–Kier alpha value is -1.88. The minimum absolute atomic E-state index is 0.205. The summed E-state index contributed by atoms with van der Waals surface area (Å²) in [7, 11) is -0.790. The molecule has 9 nitrogen and oxygen atoms in total. The van der Waals surface area contributed by atoms with E-state index in [-0.39, 0.29) is 19.2 Å². The lowest BCUT2D eigenvalue weighted by Crippen LogP contribution is -2.48. The molecule has 0 aliphatic carbocycles. The molecule has 3 N–H and O–H groups in total. The highest BCUT2D eigenvalue weighted by molar-refractivity contribution is 7.90. The largest absolute Gasteiger partial charge is 0.388 e. The van der Waals surface area contributed by atoms with E-state index in [1.807, 2.05) is 6.92 Å². The van der Waals surface area contributed by atoms with Gasteiger partial charge in [0.1, 0.15) is 0 Å². The summed E-state index contributed by atoms with van der Waals surface area (Å²) < 4.78 is 32.4. The number of carbonyl (C=O) groups excluding carboxylic acids is 1. The lowest BCUT2D eigenvalue weighted by Gasteiger charge is -2.28. The molecule has 1 aliphatic heterocycles. The first kappa shape index (κ1) is 19.4. The van der Waals surface area contributed by atoms with E-state index in [0.717, 1.165) is 4.31 Å². The third-order valence-corrected chi connectivity index (χ3v) is 5.32. The maximum absolute atomic E-state index is 12.5. The van der Waals surface area contributed by atoms with Gasteiger partial charge in [-0.15, -0.1) is 0 Å². The fourth-order valence-electron chi connectivity index (χ4n) is 2.45. The van der Waals surface area contributed by atoms with Gasteiger partial charge in [0.2, 0.25) is 0 Å². The van der Waals surface area contributed by atoms with Crippen LogP contribution in [-0.2, 0) is 14.9 Å². The topological polar surface area (TPSA) is 111 Å². The number of aliphatic hydroxyl groups is 1. The lowest BCUT2D eigenvalue weighted by atomic mass is 10.2. The van der Waals surface area contributed by atoms with Gasteiger partial charge in [-0.2, -0.15) is 12.7 Å². The SMILES string of the molecule is CCN(C(=O)Nc1cccc(NS(=O)(=O)N(C)C)c1)[C@H]1COC[C@@H]1O. The maximum atomic E-state index is 12.5. The zero-order chi connectivity index (χ0) is 18.6. The molecule has 140 valence electrons. The Morgan fingerprint density at radius 3 is 2.56 bits per heavy atom. The molecule has 1 saturated heterocycles. The molecular formula is C15H24N4O5S. The van der Waals surface area contributed by atoms with Crippen LogP contribution in [0.5, 0.6) is 0 Å². The molecule has 1 aromatic rings. The number of benzene rings is 1. The van der Waals surface area contributed by atoms with Crippen molar-refractivity contribution in [2.45, 2.75) is 19.1 Å². The van der Waals surface area contributed by atoms with Crippen LogP contribution in [0.3, 0.4) is 0 Å². The lowest BCUT2D eigenvalue weighted by molar-refractivity contribution is 0.1000. The summed E-state index contributed by atoms with van der Waals surface area (Å²) in [5, 5.41) is 12.6. The number of ether oxygens (including phenoxy) is 1. The predicted octanol–water partition coefficient (Wildman–Crippen LogP) is 0.518. The van der Waals surface area contributed by atoms with E-state index in [9.17, 15) is 18.3 Å². The van der Waals surface area contributed by atoms with Crippen LogP contribution >= 0.6 is 0 Å². The molecule has 1 aromatic carbocycles. The van der Waals surface area contributed by atoms with Crippen LogP contribution in [0.4, 0.5) is 16.2 Å². The number of carbonyl (C=O) groups is 1. The van der Waals surface area contributed by atoms with E-state index in [1.165, 1.54) is 25.1 Å². The molecule has 1 heterocycles. The second kappa shape index (κ2) is 8.00. The van der Waals surface area contributed by atoms with Gasteiger partial charge in [0, 0.05) is 26.3 Å². The first-order chi connectivity index (χ1) is 11.7. The number of hydrogen-bond acceptors (Lipinski definition) is 5. The fourth-order valence-corrected chi connectivity index (χ4v) is 3.06. The molecule has 0 aromatic heterocycles. The number of rotatable bonds is 6. The standard InChI is InChI=1S/C15H24N4O5S/c1-4-19(13-9-24-10-14(13)20)15(21)16-11-6-5-7-12(8-11)17-25(22,23)18(2)3/h5-8,13-14,17,20H,4,9-10H2,1-3H3,(H,16,21)/t13-,14-/m0/s1. The Balaban J connectivity index is 2.09. The second-order valence-electron chi connectivity index (χ2n) is 5.86. The first-order valence-electron chi connectivity index (χ1n) is 7.88. The van der Waals surface area contributed by atoms with Crippen LogP contribution in [0.25, 0.3) is 0 Å². The molecule has 2 atom stereocenters. The summed E-state index contributed by atoms with van der Waals surface area (Å²) >= 11 is 0. The number of likely N-dealkylation sites (N-methyl/N-ethyl adjacent to an activating group) is 1. The predicted molar refractivity (Wildman–Crippen MR) is 94.7 cm³/mol. The summed E-state index contributed by atoms with van der Waals surface area (Å²) in [5.41, 5.74) is 0.773. The van der Waals surface area contributed by atoms with Crippen molar-refractivity contribution >= 4 is 27.6 Å². The fraction of sp³-hybridized carbons (Fsp3) is 0.533. The van der Waals surface area contributed by atoms with E-state index in [1.54, 1.807) is 18.2 Å². The Morgan fingerprint density at radius 2 is 2.00 bits per heavy atom. The molecule has 2 rings (SSSR count). The Morgan fingerprint density at radius 1 is 1.32 bits per heavy atom. The second-order valence-corrected chi connectivity index (χ2v) is 7.74. The van der Waals surface area contributed by atoms with Gasteiger partial charge in [0.05, 0.1) is 31.0 Å². The van der Waals surface area contributed by atoms with Gasteiger partial charge in [-0.3, -0.25) is 4.72 Å². The minimum Gasteiger partial charge on any atom is -0.388 e. The van der Waals surface area contributed by atoms with Gasteiger partial charge < -0.3 is 20.1 Å². The number of nitrogens with zero attached hydrogens (tertiary/aromatic N) is 2. The van der Waals surface area contributed by atoms with E-state index in [0.29, 0.717) is 17.9 Å². The van der Waals surface area contributed by atoms with Crippen LogP contribution in [0.2, 0.25) is 0 Å². The summed E-state index contributed by atoms with van der Waals surface area (Å²) in [6, 6.07) is 5.61. The molecule has 0 unspecified atom stereocenters. The van der Waals surface area contributed by atoms with Gasteiger partial charge in [0.25, 0.3) is 0 Å². The molecule has 0 spiro atoms. The number of amides is 2. The third kappa shape index (κ3) is 4.82. The van der Waals surface area contributed by atoms with Gasteiger partial charge in [0.15, 0.2) is 0 Å². The maximum Gasteiger partial charge on any atom is 0.322 e. The summed E-state index contributed by atoms with van der Waals surface area (Å²) in [4.78, 5) is 14.0. The minimum atomic E-state index is -3.63. The third-order valence-electron chi connectivity index (χ3n) is 3.86. The number of aliphatic hydroxyl groups excluding tert-OH is 1. The van der Waals surface area contributed by atoms with Crippen molar-refractivity contribution in [1.29, 1.82) is 0 Å². The van der Waals surface area contributed by atoms with Gasteiger partial charge in [-0.25, -0.2) is 4.79 Å². The molecule has 25 heavy (non-hydrogen) atoms. The Bertz CT molecular complexity index is 710. The van der Waals surface area contributed by atoms with Crippen LogP contribution < -0.4 is 10.0 Å². The van der Waals surface area contributed by atoms with Crippen molar-refractivity contribution in [1.82, 2.24) is 9.21 Å². The molecule has 0 saturated carbocycles.